The van der Waals surface area contributed by atoms with Crippen molar-refractivity contribution in [1.82, 2.24) is 4.72 Å². The summed E-state index contributed by atoms with van der Waals surface area (Å²) in [6.07, 6.45) is 3.03. The Kier molecular flexibility index (Phi) is 4.84. The molecule has 1 fully saturated rings. The summed E-state index contributed by atoms with van der Waals surface area (Å²) in [5.74, 6) is 0.800. The van der Waals surface area contributed by atoms with Gasteiger partial charge in [0, 0.05) is 11.6 Å². The molecule has 116 valence electrons. The fraction of sp³-hybridized carbons (Fsp3) is 0.562. The van der Waals surface area contributed by atoms with Gasteiger partial charge in [0.1, 0.15) is 0 Å². The molecule has 0 heterocycles. The molecule has 0 spiro atoms. The van der Waals surface area contributed by atoms with E-state index in [0.717, 1.165) is 19.3 Å². The molecule has 1 aliphatic rings. The average molecular weight is 309 g/mol. The summed E-state index contributed by atoms with van der Waals surface area (Å²) >= 11 is 0. The third-order valence-electron chi connectivity index (χ3n) is 4.61. The fourth-order valence-corrected chi connectivity index (χ4v) is 4.55. The molecule has 1 aromatic carbocycles. The van der Waals surface area contributed by atoms with Gasteiger partial charge in [0.25, 0.3) is 0 Å². The highest BCUT2D eigenvalue weighted by Crippen LogP contribution is 2.34. The topological polar surface area (TPSA) is 63.2 Å². The maximum absolute atomic E-state index is 12.5. The minimum absolute atomic E-state index is 0.0130. The zero-order chi connectivity index (χ0) is 15.6. The summed E-state index contributed by atoms with van der Waals surface area (Å²) in [5.41, 5.74) is 0.420. The number of hydrogen-bond acceptors (Lipinski definition) is 3. The van der Waals surface area contributed by atoms with Crippen LogP contribution in [-0.2, 0) is 10.0 Å². The van der Waals surface area contributed by atoms with E-state index in [0.29, 0.717) is 17.4 Å². The number of sulfonamides is 1. The number of benzene rings is 1. The highest BCUT2D eigenvalue weighted by atomic mass is 32.2. The average Bonchev–Trinajstić information content (AvgIpc) is 2.79. The van der Waals surface area contributed by atoms with E-state index in [1.807, 2.05) is 0 Å². The molecule has 4 nitrogen and oxygen atoms in total. The number of Topliss-reactive ketones (excluding diaryl/α,β-unsaturated/α-hetero) is 1. The van der Waals surface area contributed by atoms with Gasteiger partial charge in [-0.2, -0.15) is 0 Å². The van der Waals surface area contributed by atoms with Gasteiger partial charge in [-0.3, -0.25) is 4.79 Å². The maximum atomic E-state index is 12.5. The summed E-state index contributed by atoms with van der Waals surface area (Å²) in [6.45, 7) is 5.69. The molecule has 1 N–H and O–H groups in total. The SMILES string of the molecule is CCC1CCC(NS(=O)(=O)c2cccc(C(C)=O)c2)C1C. The van der Waals surface area contributed by atoms with Crippen LogP contribution in [0.25, 0.3) is 0 Å². The van der Waals surface area contributed by atoms with Crippen molar-refractivity contribution in [2.24, 2.45) is 11.8 Å². The Morgan fingerprint density at radius 2 is 2.05 bits per heavy atom. The van der Waals surface area contributed by atoms with E-state index in [2.05, 4.69) is 18.6 Å². The van der Waals surface area contributed by atoms with Crippen molar-refractivity contribution in [2.75, 3.05) is 0 Å². The highest BCUT2D eigenvalue weighted by Gasteiger charge is 2.34. The van der Waals surface area contributed by atoms with Crippen molar-refractivity contribution in [3.05, 3.63) is 29.8 Å². The van der Waals surface area contributed by atoms with Crippen LogP contribution in [0.2, 0.25) is 0 Å². The van der Waals surface area contributed by atoms with Crippen molar-refractivity contribution in [3.63, 3.8) is 0 Å². The molecule has 3 atom stereocenters. The van der Waals surface area contributed by atoms with E-state index in [4.69, 9.17) is 0 Å². The first-order chi connectivity index (χ1) is 9.85. The second-order valence-electron chi connectivity index (χ2n) is 5.92. The molecule has 1 aromatic rings. The number of nitrogens with one attached hydrogen (secondary N) is 1. The summed E-state index contributed by atoms with van der Waals surface area (Å²) in [5, 5.41) is 0. The van der Waals surface area contributed by atoms with Crippen LogP contribution in [0.4, 0.5) is 0 Å². The first-order valence-electron chi connectivity index (χ1n) is 7.48. The van der Waals surface area contributed by atoms with Crippen molar-refractivity contribution in [2.45, 2.75) is 51.0 Å². The van der Waals surface area contributed by atoms with E-state index < -0.39 is 10.0 Å². The van der Waals surface area contributed by atoms with E-state index >= 15 is 0 Å². The summed E-state index contributed by atoms with van der Waals surface area (Å²) in [7, 11) is -3.57. The van der Waals surface area contributed by atoms with Gasteiger partial charge in [-0.15, -0.1) is 0 Å². The van der Waals surface area contributed by atoms with Crippen LogP contribution >= 0.6 is 0 Å². The molecule has 2 rings (SSSR count). The Bertz CT molecular complexity index is 624. The lowest BCUT2D eigenvalue weighted by atomic mass is 9.94. The Balaban J connectivity index is 2.19. The molecule has 0 saturated heterocycles. The lowest BCUT2D eigenvalue weighted by molar-refractivity contribution is 0.101. The number of carbonyl (C=O) groups is 1. The third-order valence-corrected chi connectivity index (χ3v) is 6.10. The minimum atomic E-state index is -3.57. The summed E-state index contributed by atoms with van der Waals surface area (Å²) in [6, 6.07) is 6.21. The number of rotatable bonds is 5. The molecule has 3 unspecified atom stereocenters. The minimum Gasteiger partial charge on any atom is -0.295 e. The zero-order valence-electron chi connectivity index (χ0n) is 12.8. The van der Waals surface area contributed by atoms with Gasteiger partial charge < -0.3 is 0 Å². The van der Waals surface area contributed by atoms with Crippen molar-refractivity contribution < 1.29 is 13.2 Å². The normalized spacial score (nSPS) is 26.0. The highest BCUT2D eigenvalue weighted by molar-refractivity contribution is 7.89. The van der Waals surface area contributed by atoms with Crippen LogP contribution in [0.3, 0.4) is 0 Å². The Morgan fingerprint density at radius 3 is 2.62 bits per heavy atom. The standard InChI is InChI=1S/C16H23NO3S/c1-4-13-8-9-16(11(13)2)17-21(19,20)15-7-5-6-14(10-15)12(3)18/h5-7,10-11,13,16-17H,4,8-9H2,1-3H3. The van der Waals surface area contributed by atoms with Crippen LogP contribution in [-0.4, -0.2) is 20.2 Å². The van der Waals surface area contributed by atoms with Gasteiger partial charge in [0.15, 0.2) is 5.78 Å². The van der Waals surface area contributed by atoms with Crippen molar-refractivity contribution in [3.8, 4) is 0 Å². The van der Waals surface area contributed by atoms with Crippen molar-refractivity contribution in [1.29, 1.82) is 0 Å². The predicted octanol–water partition coefficient (Wildman–Crippen LogP) is 2.99. The number of hydrogen-bond donors (Lipinski definition) is 1. The first-order valence-corrected chi connectivity index (χ1v) is 8.96. The monoisotopic (exact) mass is 309 g/mol. The van der Waals surface area contributed by atoms with Gasteiger partial charge in [0.05, 0.1) is 4.90 Å². The molecule has 1 aliphatic carbocycles. The van der Waals surface area contributed by atoms with E-state index in [9.17, 15) is 13.2 Å². The van der Waals surface area contributed by atoms with E-state index in [1.165, 1.54) is 19.1 Å². The van der Waals surface area contributed by atoms with Crippen LogP contribution in [0, 0.1) is 11.8 Å². The van der Waals surface area contributed by atoms with Gasteiger partial charge in [-0.1, -0.05) is 32.4 Å². The molecule has 21 heavy (non-hydrogen) atoms. The molecular weight excluding hydrogens is 286 g/mol. The van der Waals surface area contributed by atoms with Gasteiger partial charge in [-0.25, -0.2) is 13.1 Å². The Hall–Kier alpha value is -1.20. The quantitative estimate of drug-likeness (QED) is 0.850. The summed E-state index contributed by atoms with van der Waals surface area (Å²) in [4.78, 5) is 11.6. The predicted molar refractivity (Wildman–Crippen MR) is 82.7 cm³/mol. The van der Waals surface area contributed by atoms with Gasteiger partial charge in [-0.05, 0) is 43.7 Å². The fourth-order valence-electron chi connectivity index (χ4n) is 3.14. The molecule has 1 saturated carbocycles. The largest absolute Gasteiger partial charge is 0.295 e. The van der Waals surface area contributed by atoms with E-state index in [-0.39, 0.29) is 16.7 Å². The molecule has 0 radical (unpaired) electrons. The Morgan fingerprint density at radius 1 is 1.33 bits per heavy atom. The zero-order valence-corrected chi connectivity index (χ0v) is 13.6. The van der Waals surface area contributed by atoms with Gasteiger partial charge in [0.2, 0.25) is 10.0 Å². The Labute approximate surface area is 127 Å². The van der Waals surface area contributed by atoms with Gasteiger partial charge >= 0.3 is 0 Å². The number of ketones is 1. The molecule has 0 bridgehead atoms. The van der Waals surface area contributed by atoms with Crippen LogP contribution in [0.5, 0.6) is 0 Å². The number of carbonyl (C=O) groups excluding carboxylic acids is 1. The van der Waals surface area contributed by atoms with E-state index in [1.54, 1.807) is 12.1 Å². The second kappa shape index (κ2) is 6.28. The second-order valence-corrected chi connectivity index (χ2v) is 7.63. The van der Waals surface area contributed by atoms with Crippen LogP contribution in [0.15, 0.2) is 29.2 Å². The first kappa shape index (κ1) is 16.2. The van der Waals surface area contributed by atoms with Crippen LogP contribution in [0.1, 0.15) is 50.4 Å². The lowest BCUT2D eigenvalue weighted by Gasteiger charge is -2.21. The maximum Gasteiger partial charge on any atom is 0.240 e. The lowest BCUT2D eigenvalue weighted by Crippen LogP contribution is -2.37. The molecular formula is C16H23NO3S. The van der Waals surface area contributed by atoms with Crippen molar-refractivity contribution >= 4 is 15.8 Å². The molecule has 5 heteroatoms. The third kappa shape index (κ3) is 3.52. The molecule has 0 amide bonds. The molecule has 0 aromatic heterocycles. The summed E-state index contributed by atoms with van der Waals surface area (Å²) < 4.78 is 27.8. The van der Waals surface area contributed by atoms with Crippen LogP contribution < -0.4 is 4.72 Å². The molecule has 0 aliphatic heterocycles. The smallest absolute Gasteiger partial charge is 0.240 e.